The average molecular weight is 637 g/mol. The molecule has 4 aromatic rings. The van der Waals surface area contributed by atoms with E-state index in [4.69, 9.17) is 16.6 Å². The molecule has 44 heavy (non-hydrogen) atoms. The Hall–Kier alpha value is -3.96. The first kappa shape index (κ1) is 31.5. The summed E-state index contributed by atoms with van der Waals surface area (Å²) in [4.78, 5) is 48.9. The fourth-order valence-electron chi connectivity index (χ4n) is 5.82. The molecule has 2 aromatic carbocycles. The fourth-order valence-corrected chi connectivity index (χ4v) is 6.25. The number of carbonyl (C=O) groups is 2. The molecule has 5 rings (SSSR count). The van der Waals surface area contributed by atoms with E-state index in [0.717, 1.165) is 23.1 Å². The number of nitrogens with zero attached hydrogens (tertiary/aromatic N) is 4. The molecule has 2 amide bonds. The number of aryl methyl sites for hydroxylation is 1. The second-order valence-corrected chi connectivity index (χ2v) is 12.1. The largest absolute Gasteiger partial charge is 0.377 e. The SMILES string of the molecule is CSNC(=O)c1nc(Cl)ccc1NC(C)c1cc(C)cc2c(=O)n(C)c(-c3ccc(C4CCN(C(C)=O)CC4)c(F)c3)nc12. The minimum absolute atomic E-state index is 0.0137. The van der Waals surface area contributed by atoms with E-state index in [0.29, 0.717) is 59.5 Å². The molecule has 1 saturated heterocycles. The number of nitrogens with one attached hydrogen (secondary N) is 2. The zero-order chi connectivity index (χ0) is 31.7. The molecule has 0 bridgehead atoms. The number of likely N-dealkylation sites (tertiary alicyclic amines) is 1. The summed E-state index contributed by atoms with van der Waals surface area (Å²) in [5.74, 6) is -0.367. The van der Waals surface area contributed by atoms with Crippen molar-refractivity contribution in [3.63, 3.8) is 0 Å². The molecule has 1 aliphatic heterocycles. The summed E-state index contributed by atoms with van der Waals surface area (Å²) in [5, 5.41) is 3.96. The predicted molar refractivity (Wildman–Crippen MR) is 174 cm³/mol. The Morgan fingerprint density at radius 1 is 1.11 bits per heavy atom. The Balaban J connectivity index is 1.53. The van der Waals surface area contributed by atoms with Crippen molar-refractivity contribution in [3.8, 4) is 11.4 Å². The van der Waals surface area contributed by atoms with E-state index in [1.807, 2.05) is 19.9 Å². The van der Waals surface area contributed by atoms with Gasteiger partial charge in [-0.1, -0.05) is 41.7 Å². The number of amides is 2. The summed E-state index contributed by atoms with van der Waals surface area (Å²) >= 11 is 7.24. The van der Waals surface area contributed by atoms with E-state index in [2.05, 4.69) is 15.0 Å². The number of anilines is 1. The molecule has 1 atom stereocenters. The number of hydrogen-bond donors (Lipinski definition) is 2. The topological polar surface area (TPSA) is 109 Å². The zero-order valence-electron chi connectivity index (χ0n) is 25.2. The van der Waals surface area contributed by atoms with E-state index in [1.54, 1.807) is 55.5 Å². The zero-order valence-corrected chi connectivity index (χ0v) is 26.8. The molecule has 12 heteroatoms. The van der Waals surface area contributed by atoms with Crippen LogP contribution in [0.25, 0.3) is 22.3 Å². The molecule has 1 unspecified atom stereocenters. The van der Waals surface area contributed by atoms with Gasteiger partial charge in [0, 0.05) is 44.4 Å². The lowest BCUT2D eigenvalue weighted by Gasteiger charge is -2.31. The van der Waals surface area contributed by atoms with Gasteiger partial charge in [-0.3, -0.25) is 23.7 Å². The highest BCUT2D eigenvalue weighted by atomic mass is 35.5. The van der Waals surface area contributed by atoms with Crippen molar-refractivity contribution in [2.75, 3.05) is 24.7 Å². The number of carbonyl (C=O) groups excluding carboxylic acids is 2. The molecule has 0 spiro atoms. The number of fused-ring (bicyclic) bond motifs is 1. The van der Waals surface area contributed by atoms with Crippen molar-refractivity contribution in [1.29, 1.82) is 0 Å². The first-order valence-corrected chi connectivity index (χ1v) is 15.9. The first-order valence-electron chi connectivity index (χ1n) is 14.3. The predicted octanol–water partition coefficient (Wildman–Crippen LogP) is 6.00. The van der Waals surface area contributed by atoms with E-state index in [9.17, 15) is 14.4 Å². The van der Waals surface area contributed by atoms with Crippen LogP contribution in [-0.2, 0) is 11.8 Å². The molecule has 230 valence electrons. The molecule has 2 aromatic heterocycles. The maximum absolute atomic E-state index is 15.6. The van der Waals surface area contributed by atoms with Gasteiger partial charge in [-0.05, 0) is 68.0 Å². The number of pyridine rings is 1. The van der Waals surface area contributed by atoms with Crippen molar-refractivity contribution >= 4 is 52.0 Å². The normalized spacial score (nSPS) is 14.5. The molecular weight excluding hydrogens is 603 g/mol. The van der Waals surface area contributed by atoms with Crippen LogP contribution in [0.2, 0.25) is 5.15 Å². The van der Waals surface area contributed by atoms with Gasteiger partial charge in [0.1, 0.15) is 16.8 Å². The van der Waals surface area contributed by atoms with Gasteiger partial charge in [0.2, 0.25) is 5.91 Å². The number of rotatable bonds is 7. The Morgan fingerprint density at radius 2 is 1.84 bits per heavy atom. The quantitative estimate of drug-likeness (QED) is 0.189. The maximum atomic E-state index is 15.6. The van der Waals surface area contributed by atoms with Crippen molar-refractivity contribution in [3.05, 3.63) is 86.2 Å². The summed E-state index contributed by atoms with van der Waals surface area (Å²) in [5.41, 5.74) is 3.53. The van der Waals surface area contributed by atoms with Crippen LogP contribution in [0.5, 0.6) is 0 Å². The molecular formula is C32H34ClFN6O3S. The summed E-state index contributed by atoms with van der Waals surface area (Å²) < 4.78 is 19.7. The van der Waals surface area contributed by atoms with Gasteiger partial charge in [0.15, 0.2) is 5.69 Å². The number of aromatic nitrogens is 3. The van der Waals surface area contributed by atoms with Crippen LogP contribution >= 0.6 is 23.5 Å². The highest BCUT2D eigenvalue weighted by Gasteiger charge is 2.25. The van der Waals surface area contributed by atoms with E-state index >= 15 is 4.39 Å². The Bertz CT molecular complexity index is 1820. The van der Waals surface area contributed by atoms with Crippen LogP contribution in [0.15, 0.2) is 47.3 Å². The number of piperidine rings is 1. The molecule has 3 heterocycles. The minimum atomic E-state index is -0.395. The maximum Gasteiger partial charge on any atom is 0.281 e. The Kier molecular flexibility index (Phi) is 9.26. The van der Waals surface area contributed by atoms with Crippen LogP contribution in [-0.4, -0.2) is 50.6 Å². The van der Waals surface area contributed by atoms with Gasteiger partial charge in [0.25, 0.3) is 11.5 Å². The number of hydrogen-bond acceptors (Lipinski definition) is 7. The molecule has 1 fully saturated rings. The lowest BCUT2D eigenvalue weighted by atomic mass is 9.88. The third kappa shape index (κ3) is 6.30. The highest BCUT2D eigenvalue weighted by molar-refractivity contribution is 7.97. The average Bonchev–Trinajstić information content (AvgIpc) is 2.99. The molecule has 0 saturated carbocycles. The highest BCUT2D eigenvalue weighted by Crippen LogP contribution is 2.33. The van der Waals surface area contributed by atoms with Gasteiger partial charge in [-0.25, -0.2) is 14.4 Å². The van der Waals surface area contributed by atoms with E-state index in [-0.39, 0.29) is 34.0 Å². The summed E-state index contributed by atoms with van der Waals surface area (Å²) in [6.07, 6.45) is 3.12. The van der Waals surface area contributed by atoms with Gasteiger partial charge in [0.05, 0.1) is 22.6 Å². The van der Waals surface area contributed by atoms with E-state index in [1.165, 1.54) is 10.6 Å². The summed E-state index contributed by atoms with van der Waals surface area (Å²) in [7, 11) is 1.63. The van der Waals surface area contributed by atoms with Gasteiger partial charge >= 0.3 is 0 Å². The molecule has 1 aliphatic rings. The smallest absolute Gasteiger partial charge is 0.281 e. The van der Waals surface area contributed by atoms with Gasteiger partial charge in [-0.2, -0.15) is 0 Å². The van der Waals surface area contributed by atoms with Crippen LogP contribution in [0.3, 0.4) is 0 Å². The molecule has 0 radical (unpaired) electrons. The third-order valence-electron chi connectivity index (χ3n) is 8.10. The monoisotopic (exact) mass is 636 g/mol. The minimum Gasteiger partial charge on any atom is -0.377 e. The van der Waals surface area contributed by atoms with E-state index < -0.39 is 11.9 Å². The lowest BCUT2D eigenvalue weighted by molar-refractivity contribution is -0.129. The van der Waals surface area contributed by atoms with Crippen LogP contribution < -0.4 is 15.6 Å². The van der Waals surface area contributed by atoms with Crippen molar-refractivity contribution in [1.82, 2.24) is 24.2 Å². The summed E-state index contributed by atoms with van der Waals surface area (Å²) in [6.45, 7) is 6.57. The number of benzene rings is 2. The Morgan fingerprint density at radius 3 is 2.50 bits per heavy atom. The van der Waals surface area contributed by atoms with Crippen molar-refractivity contribution < 1.29 is 14.0 Å². The molecule has 2 N–H and O–H groups in total. The molecule has 9 nitrogen and oxygen atoms in total. The van der Waals surface area contributed by atoms with Gasteiger partial charge in [-0.15, -0.1) is 0 Å². The second kappa shape index (κ2) is 13.0. The fraction of sp³-hybridized carbons (Fsp3) is 0.344. The van der Waals surface area contributed by atoms with Gasteiger partial charge < -0.3 is 10.2 Å². The standard InChI is InChI=1S/C32H34ClFN6O3S/c1-17-14-23(18(2)35-26-8-9-27(33)36-29(26)31(42)38-44-5)28-24(15-17)32(43)39(4)30(37-28)21-6-7-22(25(34)16-21)20-10-12-40(13-11-20)19(3)41/h6-9,14-16,18,20,35H,10-13H2,1-5H3,(H,38,42). The third-order valence-corrected chi connectivity index (χ3v) is 8.70. The van der Waals surface area contributed by atoms with Crippen LogP contribution in [0, 0.1) is 12.7 Å². The van der Waals surface area contributed by atoms with Crippen LogP contribution in [0.1, 0.15) is 65.8 Å². The first-order chi connectivity index (χ1) is 21.0. The lowest BCUT2D eigenvalue weighted by Crippen LogP contribution is -2.36. The summed E-state index contributed by atoms with van der Waals surface area (Å²) in [6, 6.07) is 11.6. The molecule has 0 aliphatic carbocycles. The Labute approximate surface area is 264 Å². The van der Waals surface area contributed by atoms with Crippen molar-refractivity contribution in [2.24, 2.45) is 7.05 Å². The van der Waals surface area contributed by atoms with Crippen LogP contribution in [0.4, 0.5) is 10.1 Å². The van der Waals surface area contributed by atoms with Crippen molar-refractivity contribution in [2.45, 2.75) is 45.6 Å². The second-order valence-electron chi connectivity index (χ2n) is 11.1. The number of halogens is 2.